The second-order valence-corrected chi connectivity index (χ2v) is 6.93. The first-order valence-electron chi connectivity index (χ1n) is 8.65. The van der Waals surface area contributed by atoms with E-state index in [0.717, 1.165) is 49.6 Å². The summed E-state index contributed by atoms with van der Waals surface area (Å²) in [4.78, 5) is 18.8. The summed E-state index contributed by atoms with van der Waals surface area (Å²) < 4.78 is 2.20. The molecule has 1 fully saturated rings. The van der Waals surface area contributed by atoms with Gasteiger partial charge in [-0.25, -0.2) is 4.98 Å². The minimum atomic E-state index is 0.270. The molecule has 3 rings (SSSR count). The van der Waals surface area contributed by atoms with Gasteiger partial charge in [0, 0.05) is 36.9 Å². The van der Waals surface area contributed by atoms with Crippen molar-refractivity contribution >= 4 is 17.5 Å². The number of nitrogens with zero attached hydrogens (tertiary/aromatic N) is 3. The lowest BCUT2D eigenvalue weighted by atomic mass is 10.0. The molecule has 1 aliphatic rings. The van der Waals surface area contributed by atoms with Crippen LogP contribution in [0.25, 0.3) is 0 Å². The van der Waals surface area contributed by atoms with Crippen LogP contribution in [0.5, 0.6) is 0 Å². The van der Waals surface area contributed by atoms with Gasteiger partial charge in [0.05, 0.1) is 6.04 Å². The van der Waals surface area contributed by atoms with Gasteiger partial charge in [0.2, 0.25) is 5.91 Å². The van der Waals surface area contributed by atoms with E-state index in [-0.39, 0.29) is 5.91 Å². The van der Waals surface area contributed by atoms with Gasteiger partial charge in [-0.15, -0.1) is 0 Å². The van der Waals surface area contributed by atoms with Gasteiger partial charge in [-0.3, -0.25) is 4.79 Å². The van der Waals surface area contributed by atoms with Crippen molar-refractivity contribution in [3.63, 3.8) is 0 Å². The first kappa shape index (κ1) is 17.0. The topological polar surface area (TPSA) is 38.1 Å². The smallest absolute Gasteiger partial charge is 0.222 e. The van der Waals surface area contributed by atoms with Crippen molar-refractivity contribution in [3.8, 4) is 0 Å². The molecule has 5 heteroatoms. The second kappa shape index (κ2) is 7.84. The first-order valence-corrected chi connectivity index (χ1v) is 9.03. The molecule has 1 unspecified atom stereocenters. The van der Waals surface area contributed by atoms with Crippen molar-refractivity contribution in [1.82, 2.24) is 14.5 Å². The Hall–Kier alpha value is -1.81. The van der Waals surface area contributed by atoms with Crippen LogP contribution >= 0.6 is 11.6 Å². The zero-order valence-corrected chi connectivity index (χ0v) is 14.9. The summed E-state index contributed by atoms with van der Waals surface area (Å²) in [5.74, 6) is 1.29. The van der Waals surface area contributed by atoms with Crippen LogP contribution in [0.2, 0.25) is 5.02 Å². The third-order valence-corrected chi connectivity index (χ3v) is 5.03. The normalized spacial score (nSPS) is 17.9. The van der Waals surface area contributed by atoms with E-state index in [1.807, 2.05) is 48.5 Å². The molecule has 2 aromatic rings. The molecule has 24 heavy (non-hydrogen) atoms. The number of likely N-dealkylation sites (tertiary alicyclic amines) is 1. The van der Waals surface area contributed by atoms with Gasteiger partial charge >= 0.3 is 0 Å². The highest BCUT2D eigenvalue weighted by Gasteiger charge is 2.24. The molecule has 1 saturated heterocycles. The monoisotopic (exact) mass is 345 g/mol. The maximum absolute atomic E-state index is 12.5. The van der Waals surface area contributed by atoms with Crippen molar-refractivity contribution in [3.05, 3.63) is 53.1 Å². The van der Waals surface area contributed by atoms with E-state index in [1.54, 1.807) is 0 Å². The second-order valence-electron chi connectivity index (χ2n) is 6.50. The van der Waals surface area contributed by atoms with Gasteiger partial charge in [-0.1, -0.05) is 23.7 Å². The van der Waals surface area contributed by atoms with Gasteiger partial charge in [-0.2, -0.15) is 0 Å². The Kier molecular flexibility index (Phi) is 5.56. The fourth-order valence-corrected chi connectivity index (χ4v) is 3.56. The van der Waals surface area contributed by atoms with E-state index in [4.69, 9.17) is 11.6 Å². The van der Waals surface area contributed by atoms with Gasteiger partial charge in [-0.05, 0) is 50.3 Å². The number of halogens is 1. The number of aryl methyl sites for hydroxylation is 2. The number of rotatable bonds is 5. The minimum Gasteiger partial charge on any atom is -0.341 e. The first-order chi connectivity index (χ1) is 11.6. The standard InChI is InChI=1S/C19H24ClN3O/c1-15-21-11-13-23(15)18-5-3-12-22(14-18)19(24)6-2-4-16-7-9-17(20)10-8-16/h7-11,13,18H,2-6,12,14H2,1H3. The zero-order chi connectivity index (χ0) is 16.9. The van der Waals surface area contributed by atoms with Gasteiger partial charge in [0.1, 0.15) is 5.82 Å². The van der Waals surface area contributed by atoms with Gasteiger partial charge in [0.25, 0.3) is 0 Å². The van der Waals surface area contributed by atoms with E-state index in [0.29, 0.717) is 12.5 Å². The number of hydrogen-bond acceptors (Lipinski definition) is 2. The van der Waals surface area contributed by atoms with E-state index in [2.05, 4.69) is 9.55 Å². The summed E-state index contributed by atoms with van der Waals surface area (Å²) in [6.45, 7) is 3.70. The Morgan fingerprint density at radius 3 is 2.83 bits per heavy atom. The SMILES string of the molecule is Cc1nccn1C1CCCN(C(=O)CCCc2ccc(Cl)cc2)C1. The van der Waals surface area contributed by atoms with Crippen LogP contribution in [-0.2, 0) is 11.2 Å². The number of imidazole rings is 1. The molecule has 0 spiro atoms. The predicted molar refractivity (Wildman–Crippen MR) is 96.2 cm³/mol. The van der Waals surface area contributed by atoms with Crippen LogP contribution in [0.15, 0.2) is 36.7 Å². The molecule has 1 aromatic heterocycles. The molecule has 1 atom stereocenters. The van der Waals surface area contributed by atoms with Crippen LogP contribution in [0.3, 0.4) is 0 Å². The van der Waals surface area contributed by atoms with Gasteiger partial charge in [0.15, 0.2) is 0 Å². The number of carbonyl (C=O) groups excluding carboxylic acids is 1. The summed E-state index contributed by atoms with van der Waals surface area (Å²) in [6.07, 6.45) is 8.44. The fourth-order valence-electron chi connectivity index (χ4n) is 3.43. The van der Waals surface area contributed by atoms with Crippen LogP contribution in [0, 0.1) is 6.92 Å². The Labute approximate surface area is 148 Å². The van der Waals surface area contributed by atoms with Crippen molar-refractivity contribution < 1.29 is 4.79 Å². The number of hydrogen-bond donors (Lipinski definition) is 0. The molecule has 0 aliphatic carbocycles. The number of aromatic nitrogens is 2. The molecule has 4 nitrogen and oxygen atoms in total. The molecule has 0 N–H and O–H groups in total. The number of amides is 1. The third kappa shape index (κ3) is 4.18. The molecule has 128 valence electrons. The summed E-state index contributed by atoms with van der Waals surface area (Å²) >= 11 is 5.90. The number of benzene rings is 1. The molecule has 0 saturated carbocycles. The van der Waals surface area contributed by atoms with E-state index >= 15 is 0 Å². The lowest BCUT2D eigenvalue weighted by Crippen LogP contribution is -2.40. The number of carbonyl (C=O) groups is 1. The third-order valence-electron chi connectivity index (χ3n) is 4.77. The van der Waals surface area contributed by atoms with Gasteiger partial charge < -0.3 is 9.47 Å². The van der Waals surface area contributed by atoms with Crippen molar-refractivity contribution in [2.75, 3.05) is 13.1 Å². The minimum absolute atomic E-state index is 0.270. The fraction of sp³-hybridized carbons (Fsp3) is 0.474. The molecule has 1 aliphatic heterocycles. The summed E-state index contributed by atoms with van der Waals surface area (Å²) in [6, 6.07) is 8.24. The van der Waals surface area contributed by atoms with Crippen LogP contribution in [0.4, 0.5) is 0 Å². The average molecular weight is 346 g/mol. The Morgan fingerprint density at radius 1 is 1.33 bits per heavy atom. The van der Waals surface area contributed by atoms with E-state index in [9.17, 15) is 4.79 Å². The highest BCUT2D eigenvalue weighted by molar-refractivity contribution is 6.30. The largest absolute Gasteiger partial charge is 0.341 e. The highest BCUT2D eigenvalue weighted by atomic mass is 35.5. The van der Waals surface area contributed by atoms with Crippen LogP contribution in [0.1, 0.15) is 43.1 Å². The molecule has 1 aromatic carbocycles. The van der Waals surface area contributed by atoms with Crippen molar-refractivity contribution in [1.29, 1.82) is 0 Å². The Balaban J connectivity index is 1.49. The van der Waals surface area contributed by atoms with Crippen molar-refractivity contribution in [2.24, 2.45) is 0 Å². The highest BCUT2D eigenvalue weighted by Crippen LogP contribution is 2.23. The molecule has 2 heterocycles. The van der Waals surface area contributed by atoms with Crippen LogP contribution < -0.4 is 0 Å². The number of piperidine rings is 1. The lowest BCUT2D eigenvalue weighted by Gasteiger charge is -2.34. The quantitative estimate of drug-likeness (QED) is 0.820. The molecule has 1 amide bonds. The molecular formula is C19H24ClN3O. The molecule has 0 bridgehead atoms. The van der Waals surface area contributed by atoms with E-state index < -0.39 is 0 Å². The maximum atomic E-state index is 12.5. The maximum Gasteiger partial charge on any atom is 0.222 e. The zero-order valence-electron chi connectivity index (χ0n) is 14.1. The Morgan fingerprint density at radius 2 is 2.12 bits per heavy atom. The summed E-state index contributed by atoms with van der Waals surface area (Å²) in [7, 11) is 0. The summed E-state index contributed by atoms with van der Waals surface area (Å²) in [5.41, 5.74) is 1.23. The Bertz CT molecular complexity index is 680. The van der Waals surface area contributed by atoms with Crippen LogP contribution in [-0.4, -0.2) is 33.4 Å². The summed E-state index contributed by atoms with van der Waals surface area (Å²) in [5, 5.41) is 0.754. The lowest BCUT2D eigenvalue weighted by molar-refractivity contribution is -0.132. The molecular weight excluding hydrogens is 322 g/mol. The van der Waals surface area contributed by atoms with E-state index in [1.165, 1.54) is 5.56 Å². The van der Waals surface area contributed by atoms with Crippen molar-refractivity contribution in [2.45, 2.75) is 45.1 Å². The predicted octanol–water partition coefficient (Wildman–Crippen LogP) is 4.03. The molecule has 0 radical (unpaired) electrons. The average Bonchev–Trinajstić information content (AvgIpc) is 3.03.